The molecule has 6 nitrogen and oxygen atoms in total. The van der Waals surface area contributed by atoms with Crippen LogP contribution in [0.4, 0.5) is 10.1 Å². The monoisotopic (exact) mass is 528 g/mol. The van der Waals surface area contributed by atoms with E-state index in [4.69, 9.17) is 0 Å². The average Bonchev–Trinajstić information content (AvgIpc) is 3.33. The molecule has 4 rings (SSSR count). The highest BCUT2D eigenvalue weighted by Crippen LogP contribution is 2.20. The molecular formula is C32H37FN4O2. The highest BCUT2D eigenvalue weighted by atomic mass is 19.1. The Kier molecular flexibility index (Phi) is 9.02. The van der Waals surface area contributed by atoms with Crippen molar-refractivity contribution in [2.75, 3.05) is 38.6 Å². The van der Waals surface area contributed by atoms with Crippen molar-refractivity contribution in [2.24, 2.45) is 5.92 Å². The van der Waals surface area contributed by atoms with Crippen molar-refractivity contribution in [3.8, 4) is 0 Å². The van der Waals surface area contributed by atoms with Gasteiger partial charge in [0.2, 0.25) is 5.91 Å². The van der Waals surface area contributed by atoms with E-state index in [1.165, 1.54) is 24.3 Å². The number of fused-ring (bicyclic) bond motifs is 1. The first-order chi connectivity index (χ1) is 18.7. The third kappa shape index (κ3) is 7.25. The lowest BCUT2D eigenvalue weighted by molar-refractivity contribution is -0.132. The van der Waals surface area contributed by atoms with E-state index in [1.54, 1.807) is 4.90 Å². The van der Waals surface area contributed by atoms with Gasteiger partial charge in [0, 0.05) is 62.1 Å². The fourth-order valence-electron chi connectivity index (χ4n) is 4.70. The summed E-state index contributed by atoms with van der Waals surface area (Å²) in [6.45, 7) is 5.35. The Morgan fingerprint density at radius 1 is 0.897 bits per heavy atom. The second kappa shape index (κ2) is 12.6. The molecule has 1 heterocycles. The van der Waals surface area contributed by atoms with E-state index in [2.05, 4.69) is 11.1 Å². The summed E-state index contributed by atoms with van der Waals surface area (Å²) in [5.74, 6) is -0.631. The van der Waals surface area contributed by atoms with Gasteiger partial charge in [-0.3, -0.25) is 9.59 Å². The highest BCUT2D eigenvalue weighted by molar-refractivity contribution is 5.96. The van der Waals surface area contributed by atoms with Crippen LogP contribution >= 0.6 is 0 Å². The van der Waals surface area contributed by atoms with E-state index < -0.39 is 5.82 Å². The molecule has 0 aliphatic rings. The SMILES string of the molecule is CC(C)CN(CC(=O)N(CCc1c[nH]c2ccccc12)Cc1ccc(N(C)C)cc1)C(=O)c1ccc(F)cc1. The Morgan fingerprint density at radius 3 is 2.26 bits per heavy atom. The van der Waals surface area contributed by atoms with E-state index >= 15 is 0 Å². The number of nitrogens with one attached hydrogen (secondary N) is 1. The number of hydrogen-bond donors (Lipinski definition) is 1. The number of benzene rings is 3. The van der Waals surface area contributed by atoms with Crippen molar-refractivity contribution < 1.29 is 14.0 Å². The number of hydrogen-bond acceptors (Lipinski definition) is 3. The molecule has 0 aliphatic heterocycles. The van der Waals surface area contributed by atoms with Gasteiger partial charge in [-0.15, -0.1) is 0 Å². The van der Waals surface area contributed by atoms with E-state index in [1.807, 2.05) is 86.4 Å². The minimum absolute atomic E-state index is 0.0436. The molecule has 0 unspecified atom stereocenters. The number of aromatic amines is 1. The van der Waals surface area contributed by atoms with Gasteiger partial charge in [0.25, 0.3) is 5.91 Å². The number of carbonyl (C=O) groups is 2. The van der Waals surface area contributed by atoms with Gasteiger partial charge in [0.15, 0.2) is 0 Å². The van der Waals surface area contributed by atoms with Crippen molar-refractivity contribution in [3.63, 3.8) is 0 Å². The van der Waals surface area contributed by atoms with Crippen LogP contribution in [0.3, 0.4) is 0 Å². The molecule has 0 saturated carbocycles. The quantitative estimate of drug-likeness (QED) is 0.270. The minimum Gasteiger partial charge on any atom is -0.378 e. The number of nitrogens with zero attached hydrogens (tertiary/aromatic N) is 3. The maximum absolute atomic E-state index is 13.8. The molecule has 0 spiro atoms. The van der Waals surface area contributed by atoms with Gasteiger partial charge in [0.05, 0.1) is 0 Å². The van der Waals surface area contributed by atoms with Crippen molar-refractivity contribution in [1.82, 2.24) is 14.8 Å². The van der Waals surface area contributed by atoms with Crippen LogP contribution in [0.2, 0.25) is 0 Å². The predicted molar refractivity (Wildman–Crippen MR) is 155 cm³/mol. The van der Waals surface area contributed by atoms with Crippen LogP contribution in [-0.2, 0) is 17.8 Å². The molecule has 0 saturated heterocycles. The first-order valence-electron chi connectivity index (χ1n) is 13.3. The summed E-state index contributed by atoms with van der Waals surface area (Å²) < 4.78 is 13.5. The molecule has 1 N–H and O–H groups in total. The average molecular weight is 529 g/mol. The number of rotatable bonds is 11. The lowest BCUT2D eigenvalue weighted by Gasteiger charge is -2.29. The summed E-state index contributed by atoms with van der Waals surface area (Å²) in [7, 11) is 3.99. The van der Waals surface area contributed by atoms with Crippen LogP contribution in [0.1, 0.15) is 35.3 Å². The molecule has 1 aromatic heterocycles. The number of para-hydroxylation sites is 1. The number of amides is 2. The predicted octanol–water partition coefficient (Wildman–Crippen LogP) is 5.74. The number of halogens is 1. The lowest BCUT2D eigenvalue weighted by atomic mass is 10.1. The van der Waals surface area contributed by atoms with Crippen molar-refractivity contribution >= 4 is 28.4 Å². The van der Waals surface area contributed by atoms with Crippen LogP contribution in [-0.4, -0.2) is 60.3 Å². The molecule has 4 aromatic rings. The standard InChI is InChI=1S/C32H37FN4O2/c1-23(2)20-37(32(39)25-11-13-27(33)14-12-25)22-31(38)36(21-24-9-15-28(16-10-24)35(3)4)18-17-26-19-34-30-8-6-5-7-29(26)30/h5-16,19,23,34H,17-18,20-22H2,1-4H3. The Labute approximate surface area is 230 Å². The second-order valence-corrected chi connectivity index (χ2v) is 10.6. The molecule has 0 fully saturated rings. The minimum atomic E-state index is -0.401. The van der Waals surface area contributed by atoms with Gasteiger partial charge in [-0.05, 0) is 65.9 Å². The maximum atomic E-state index is 13.8. The summed E-state index contributed by atoms with van der Waals surface area (Å²) >= 11 is 0. The highest BCUT2D eigenvalue weighted by Gasteiger charge is 2.24. The molecule has 0 aliphatic carbocycles. The zero-order chi connectivity index (χ0) is 27.9. The van der Waals surface area contributed by atoms with Gasteiger partial charge < -0.3 is 19.7 Å². The van der Waals surface area contributed by atoms with Crippen LogP contribution in [0.15, 0.2) is 79.0 Å². The molecule has 0 radical (unpaired) electrons. The second-order valence-electron chi connectivity index (χ2n) is 10.6. The summed E-state index contributed by atoms with van der Waals surface area (Å²) in [5.41, 5.74) is 4.69. The number of anilines is 1. The number of carbonyl (C=O) groups excluding carboxylic acids is 2. The summed E-state index contributed by atoms with van der Waals surface area (Å²) in [5, 5.41) is 1.15. The smallest absolute Gasteiger partial charge is 0.254 e. The fourth-order valence-corrected chi connectivity index (χ4v) is 4.70. The Hall–Kier alpha value is -4.13. The van der Waals surface area contributed by atoms with E-state index in [0.29, 0.717) is 31.6 Å². The molecule has 204 valence electrons. The molecule has 3 aromatic carbocycles. The fraction of sp³-hybridized carbons (Fsp3) is 0.312. The normalized spacial score (nSPS) is 11.1. The molecule has 39 heavy (non-hydrogen) atoms. The van der Waals surface area contributed by atoms with Crippen molar-refractivity contribution in [3.05, 3.63) is 102 Å². The largest absolute Gasteiger partial charge is 0.378 e. The van der Waals surface area contributed by atoms with Crippen LogP contribution in [0.25, 0.3) is 10.9 Å². The lowest BCUT2D eigenvalue weighted by Crippen LogP contribution is -2.44. The third-order valence-corrected chi connectivity index (χ3v) is 6.79. The number of H-pyrrole nitrogens is 1. The van der Waals surface area contributed by atoms with Crippen LogP contribution in [0.5, 0.6) is 0 Å². The molecule has 7 heteroatoms. The van der Waals surface area contributed by atoms with Crippen molar-refractivity contribution in [1.29, 1.82) is 0 Å². The van der Waals surface area contributed by atoms with E-state index in [-0.39, 0.29) is 24.3 Å². The molecule has 0 atom stereocenters. The summed E-state index contributed by atoms with van der Waals surface area (Å²) in [4.78, 5) is 35.9. The first kappa shape index (κ1) is 27.9. The Balaban J connectivity index is 1.56. The van der Waals surface area contributed by atoms with Gasteiger partial charge >= 0.3 is 0 Å². The van der Waals surface area contributed by atoms with Gasteiger partial charge in [-0.1, -0.05) is 44.2 Å². The third-order valence-electron chi connectivity index (χ3n) is 6.79. The topological polar surface area (TPSA) is 59.7 Å². The van der Waals surface area contributed by atoms with Gasteiger partial charge in [0.1, 0.15) is 12.4 Å². The van der Waals surface area contributed by atoms with Crippen molar-refractivity contribution in [2.45, 2.75) is 26.8 Å². The Morgan fingerprint density at radius 2 is 1.59 bits per heavy atom. The zero-order valence-electron chi connectivity index (χ0n) is 23.2. The van der Waals surface area contributed by atoms with Crippen LogP contribution < -0.4 is 4.90 Å². The number of aromatic nitrogens is 1. The maximum Gasteiger partial charge on any atom is 0.254 e. The summed E-state index contributed by atoms with van der Waals surface area (Å²) in [6, 6.07) is 21.8. The van der Waals surface area contributed by atoms with E-state index in [9.17, 15) is 14.0 Å². The van der Waals surface area contributed by atoms with Gasteiger partial charge in [-0.25, -0.2) is 4.39 Å². The zero-order valence-corrected chi connectivity index (χ0v) is 23.2. The molecule has 0 bridgehead atoms. The molecular weight excluding hydrogens is 491 g/mol. The van der Waals surface area contributed by atoms with E-state index in [0.717, 1.165) is 27.7 Å². The Bertz CT molecular complexity index is 1390. The first-order valence-corrected chi connectivity index (χ1v) is 13.3. The summed E-state index contributed by atoms with van der Waals surface area (Å²) in [6.07, 6.45) is 2.68. The van der Waals surface area contributed by atoms with Crippen LogP contribution in [0, 0.1) is 11.7 Å². The molecule has 2 amide bonds. The van der Waals surface area contributed by atoms with Gasteiger partial charge in [-0.2, -0.15) is 0 Å².